The number of anilines is 3. The van der Waals surface area contributed by atoms with Crippen molar-refractivity contribution in [2.75, 3.05) is 57.0 Å². The van der Waals surface area contributed by atoms with Gasteiger partial charge in [-0.2, -0.15) is 0 Å². The van der Waals surface area contributed by atoms with Crippen molar-refractivity contribution in [3.63, 3.8) is 0 Å². The van der Waals surface area contributed by atoms with Crippen molar-refractivity contribution < 1.29 is 9.50 Å². The Labute approximate surface area is 211 Å². The predicted octanol–water partition coefficient (Wildman–Crippen LogP) is 3.07. The summed E-state index contributed by atoms with van der Waals surface area (Å²) in [5, 5.41) is 14.2. The van der Waals surface area contributed by atoms with Crippen LogP contribution in [-0.4, -0.2) is 87.8 Å². The standard InChI is InChI=1S/C26H35FN8O/c1-17(36)22-14-19-15-28-26(32-24(19)25(30-22)35-10-6-20(27)7-11-35)31-23-5-4-18-16-34(13-12-33(2)3)9-8-21(18)29-23/h4-5,14-15,17,20,36H,6-13,16H2,1-3H3,(H,28,29,31,32). The Morgan fingerprint density at radius 2 is 1.97 bits per heavy atom. The van der Waals surface area contributed by atoms with E-state index in [-0.39, 0.29) is 0 Å². The van der Waals surface area contributed by atoms with Gasteiger partial charge in [0, 0.05) is 63.0 Å². The van der Waals surface area contributed by atoms with Crippen LogP contribution in [0.15, 0.2) is 24.4 Å². The number of hydrogen-bond acceptors (Lipinski definition) is 9. The monoisotopic (exact) mass is 494 g/mol. The van der Waals surface area contributed by atoms with Crippen molar-refractivity contribution in [3.8, 4) is 0 Å². The number of alkyl halides is 1. The molecule has 1 saturated heterocycles. The quantitative estimate of drug-likeness (QED) is 0.514. The van der Waals surface area contributed by atoms with E-state index in [1.165, 1.54) is 5.56 Å². The Hall–Kier alpha value is -2.95. The highest BCUT2D eigenvalue weighted by molar-refractivity contribution is 5.89. The number of fused-ring (bicyclic) bond motifs is 2. The van der Waals surface area contributed by atoms with Crippen LogP contribution in [-0.2, 0) is 13.0 Å². The zero-order chi connectivity index (χ0) is 25.2. The van der Waals surface area contributed by atoms with Gasteiger partial charge in [-0.15, -0.1) is 0 Å². The van der Waals surface area contributed by atoms with Gasteiger partial charge in [-0.3, -0.25) is 4.90 Å². The Morgan fingerprint density at radius 3 is 2.72 bits per heavy atom. The van der Waals surface area contributed by atoms with Crippen LogP contribution < -0.4 is 10.2 Å². The van der Waals surface area contributed by atoms with Crippen LogP contribution >= 0.6 is 0 Å². The van der Waals surface area contributed by atoms with Gasteiger partial charge in [0.2, 0.25) is 5.95 Å². The zero-order valence-electron chi connectivity index (χ0n) is 21.3. The van der Waals surface area contributed by atoms with Crippen molar-refractivity contribution in [3.05, 3.63) is 41.3 Å². The lowest BCUT2D eigenvalue weighted by molar-refractivity contribution is 0.194. The number of aliphatic hydroxyl groups excluding tert-OH is 1. The minimum atomic E-state index is -0.783. The van der Waals surface area contributed by atoms with Crippen LogP contribution in [0.5, 0.6) is 0 Å². The number of aliphatic hydroxyl groups is 1. The maximum atomic E-state index is 13.8. The highest BCUT2D eigenvalue weighted by Crippen LogP contribution is 2.30. The van der Waals surface area contributed by atoms with E-state index >= 15 is 0 Å². The first kappa shape index (κ1) is 24.7. The largest absolute Gasteiger partial charge is 0.387 e. The number of rotatable bonds is 7. The third-order valence-electron chi connectivity index (χ3n) is 6.95. The molecule has 1 unspecified atom stereocenters. The summed E-state index contributed by atoms with van der Waals surface area (Å²) in [5.41, 5.74) is 3.61. The van der Waals surface area contributed by atoms with Crippen molar-refractivity contribution >= 4 is 28.5 Å². The fourth-order valence-electron chi connectivity index (χ4n) is 4.79. The van der Waals surface area contributed by atoms with E-state index in [0.29, 0.717) is 54.7 Å². The van der Waals surface area contributed by atoms with Crippen LogP contribution in [0.2, 0.25) is 0 Å². The Balaban J connectivity index is 1.38. The Kier molecular flexibility index (Phi) is 7.27. The lowest BCUT2D eigenvalue weighted by atomic mass is 10.1. The minimum absolute atomic E-state index is 0.437. The molecule has 1 fully saturated rings. The van der Waals surface area contributed by atoms with Crippen LogP contribution in [0, 0.1) is 0 Å². The third kappa shape index (κ3) is 5.55. The average molecular weight is 495 g/mol. The van der Waals surface area contributed by atoms with Gasteiger partial charge in [0.05, 0.1) is 11.8 Å². The normalized spacial score (nSPS) is 18.0. The van der Waals surface area contributed by atoms with E-state index in [4.69, 9.17) is 15.0 Å². The van der Waals surface area contributed by atoms with Crippen molar-refractivity contribution in [1.82, 2.24) is 29.7 Å². The number of pyridine rings is 2. The maximum absolute atomic E-state index is 13.8. The molecule has 0 aliphatic carbocycles. The highest BCUT2D eigenvalue weighted by atomic mass is 19.1. The van der Waals surface area contributed by atoms with E-state index in [2.05, 4.69) is 45.2 Å². The molecule has 192 valence electrons. The Bertz CT molecular complexity index is 1210. The van der Waals surface area contributed by atoms with E-state index in [1.54, 1.807) is 13.1 Å². The first-order chi connectivity index (χ1) is 17.4. The van der Waals surface area contributed by atoms with Gasteiger partial charge in [0.25, 0.3) is 0 Å². The van der Waals surface area contributed by atoms with Gasteiger partial charge in [0.15, 0.2) is 5.82 Å². The molecule has 2 aliphatic heterocycles. The van der Waals surface area contributed by atoms with Crippen molar-refractivity contribution in [2.24, 2.45) is 0 Å². The molecule has 2 N–H and O–H groups in total. The van der Waals surface area contributed by atoms with E-state index in [0.717, 1.165) is 43.7 Å². The molecular formula is C26H35FN8O. The molecule has 5 heterocycles. The van der Waals surface area contributed by atoms with Crippen molar-refractivity contribution in [1.29, 1.82) is 0 Å². The number of aromatic nitrogens is 4. The van der Waals surface area contributed by atoms with E-state index in [9.17, 15) is 9.50 Å². The van der Waals surface area contributed by atoms with Gasteiger partial charge in [-0.25, -0.2) is 24.3 Å². The van der Waals surface area contributed by atoms with Gasteiger partial charge in [0.1, 0.15) is 17.5 Å². The molecule has 3 aromatic heterocycles. The lowest BCUT2D eigenvalue weighted by Crippen LogP contribution is -2.36. The predicted molar refractivity (Wildman–Crippen MR) is 139 cm³/mol. The molecule has 5 rings (SSSR count). The summed E-state index contributed by atoms with van der Waals surface area (Å²) in [6.07, 6.45) is 2.08. The van der Waals surface area contributed by atoms with Gasteiger partial charge < -0.3 is 20.2 Å². The number of halogens is 1. The van der Waals surface area contributed by atoms with Gasteiger partial charge >= 0.3 is 0 Å². The third-order valence-corrected chi connectivity index (χ3v) is 6.95. The smallest absolute Gasteiger partial charge is 0.229 e. The minimum Gasteiger partial charge on any atom is -0.387 e. The summed E-state index contributed by atoms with van der Waals surface area (Å²) in [6.45, 7) is 6.83. The molecule has 2 aliphatic rings. The van der Waals surface area contributed by atoms with Crippen molar-refractivity contribution in [2.45, 2.75) is 45.0 Å². The second-order valence-corrected chi connectivity index (χ2v) is 10.1. The molecule has 0 saturated carbocycles. The summed E-state index contributed by atoms with van der Waals surface area (Å²) in [7, 11) is 4.20. The second-order valence-electron chi connectivity index (χ2n) is 10.1. The van der Waals surface area contributed by atoms with Crippen LogP contribution in [0.3, 0.4) is 0 Å². The Morgan fingerprint density at radius 1 is 1.17 bits per heavy atom. The van der Waals surface area contributed by atoms with E-state index < -0.39 is 12.3 Å². The van der Waals surface area contributed by atoms with Crippen LogP contribution in [0.1, 0.15) is 42.8 Å². The summed E-state index contributed by atoms with van der Waals surface area (Å²) in [5.74, 6) is 1.81. The molecule has 0 spiro atoms. The lowest BCUT2D eigenvalue weighted by Gasteiger charge is -2.30. The molecule has 0 radical (unpaired) electrons. The number of piperidine rings is 1. The first-order valence-electron chi connectivity index (χ1n) is 12.7. The number of nitrogens with one attached hydrogen (secondary N) is 1. The topological polar surface area (TPSA) is 93.5 Å². The molecule has 0 bridgehead atoms. The van der Waals surface area contributed by atoms with Gasteiger partial charge in [-0.1, -0.05) is 6.07 Å². The number of nitrogens with zero attached hydrogens (tertiary/aromatic N) is 7. The fraction of sp³-hybridized carbons (Fsp3) is 0.538. The first-order valence-corrected chi connectivity index (χ1v) is 12.7. The number of likely N-dealkylation sites (N-methyl/N-ethyl adjacent to an activating group) is 1. The maximum Gasteiger partial charge on any atom is 0.229 e. The average Bonchev–Trinajstić information content (AvgIpc) is 2.87. The molecule has 0 amide bonds. The summed E-state index contributed by atoms with van der Waals surface area (Å²) in [4.78, 5) is 25.6. The van der Waals surface area contributed by atoms with E-state index in [1.807, 2.05) is 12.1 Å². The molecule has 36 heavy (non-hydrogen) atoms. The zero-order valence-corrected chi connectivity index (χ0v) is 21.3. The van der Waals surface area contributed by atoms with Gasteiger partial charge in [-0.05, 0) is 51.6 Å². The molecule has 0 aromatic carbocycles. The molecule has 1 atom stereocenters. The summed E-state index contributed by atoms with van der Waals surface area (Å²) >= 11 is 0. The van der Waals surface area contributed by atoms with Crippen LogP contribution in [0.25, 0.3) is 10.9 Å². The SMILES string of the molecule is CC(O)c1cc2cnc(Nc3ccc4c(n3)CCN(CCN(C)C)C4)nc2c(N2CCC(F)CC2)n1. The number of hydrogen-bond donors (Lipinski definition) is 2. The highest BCUT2D eigenvalue weighted by Gasteiger charge is 2.23. The molecular weight excluding hydrogens is 459 g/mol. The summed E-state index contributed by atoms with van der Waals surface area (Å²) in [6, 6.07) is 5.93. The molecule has 3 aromatic rings. The van der Waals surface area contributed by atoms with Crippen LogP contribution in [0.4, 0.5) is 22.0 Å². The fourth-order valence-corrected chi connectivity index (χ4v) is 4.79. The molecule has 10 heteroatoms. The second kappa shape index (κ2) is 10.6. The summed E-state index contributed by atoms with van der Waals surface area (Å²) < 4.78 is 13.8. The molecule has 9 nitrogen and oxygen atoms in total.